The Kier molecular flexibility index (Phi) is 3.94. The molecule has 0 saturated carbocycles. The zero-order valence-electron chi connectivity index (χ0n) is 12.5. The first kappa shape index (κ1) is 14.7. The van der Waals surface area contributed by atoms with Crippen molar-refractivity contribution in [2.75, 3.05) is 0 Å². The SMILES string of the molecule is CC1=C(NC(=O)c2cccs2)C(=O)C(c2ccccc2)C1C. The molecule has 2 atom stereocenters. The van der Waals surface area contributed by atoms with Crippen LogP contribution in [-0.4, -0.2) is 11.7 Å². The Bertz CT molecular complexity index is 732. The van der Waals surface area contributed by atoms with Gasteiger partial charge in [-0.25, -0.2) is 0 Å². The summed E-state index contributed by atoms with van der Waals surface area (Å²) in [6, 6.07) is 13.3. The molecule has 0 saturated heterocycles. The second-order valence-corrected chi connectivity index (χ2v) is 6.48. The van der Waals surface area contributed by atoms with E-state index in [1.54, 1.807) is 6.07 Å². The average molecular weight is 311 g/mol. The van der Waals surface area contributed by atoms with Gasteiger partial charge in [0.15, 0.2) is 5.78 Å². The van der Waals surface area contributed by atoms with E-state index in [1.165, 1.54) is 11.3 Å². The number of ketones is 1. The Morgan fingerprint density at radius 3 is 2.50 bits per heavy atom. The second kappa shape index (κ2) is 5.89. The van der Waals surface area contributed by atoms with E-state index in [0.717, 1.165) is 11.1 Å². The molecule has 1 aliphatic carbocycles. The van der Waals surface area contributed by atoms with Crippen molar-refractivity contribution < 1.29 is 9.59 Å². The Hall–Kier alpha value is -2.20. The van der Waals surface area contributed by atoms with Gasteiger partial charge in [0, 0.05) is 0 Å². The number of carbonyl (C=O) groups excluding carboxylic acids is 2. The van der Waals surface area contributed by atoms with Gasteiger partial charge >= 0.3 is 0 Å². The van der Waals surface area contributed by atoms with Crippen molar-refractivity contribution >= 4 is 23.0 Å². The lowest BCUT2D eigenvalue weighted by atomic mass is 9.87. The molecular weight excluding hydrogens is 294 g/mol. The van der Waals surface area contributed by atoms with Crippen LogP contribution in [0, 0.1) is 5.92 Å². The standard InChI is InChI=1S/C18H17NO2S/c1-11-12(2)16(19-18(21)14-9-6-10-22-14)17(20)15(11)13-7-4-3-5-8-13/h3-11,15H,1-2H3,(H,19,21). The quantitative estimate of drug-likeness (QED) is 0.938. The predicted octanol–water partition coefficient (Wildman–Crippen LogP) is 3.75. The predicted molar refractivity (Wildman–Crippen MR) is 87.8 cm³/mol. The highest BCUT2D eigenvalue weighted by molar-refractivity contribution is 7.12. The fraction of sp³-hybridized carbons (Fsp3) is 0.222. The van der Waals surface area contributed by atoms with Gasteiger partial charge < -0.3 is 5.32 Å². The van der Waals surface area contributed by atoms with Crippen LogP contribution in [0.25, 0.3) is 0 Å². The molecule has 4 heteroatoms. The number of nitrogens with one attached hydrogen (secondary N) is 1. The normalized spacial score (nSPS) is 21.3. The van der Waals surface area contributed by atoms with Gasteiger partial charge in [0.1, 0.15) is 0 Å². The van der Waals surface area contributed by atoms with E-state index in [-0.39, 0.29) is 23.5 Å². The molecule has 1 amide bonds. The minimum atomic E-state index is -0.210. The summed E-state index contributed by atoms with van der Waals surface area (Å²) in [6.45, 7) is 3.96. The molecule has 3 rings (SSSR count). The van der Waals surface area contributed by atoms with Gasteiger partial charge in [-0.2, -0.15) is 0 Å². The number of benzene rings is 1. The Morgan fingerprint density at radius 1 is 1.14 bits per heavy atom. The summed E-state index contributed by atoms with van der Waals surface area (Å²) in [4.78, 5) is 25.6. The first-order chi connectivity index (χ1) is 10.6. The fourth-order valence-corrected chi connectivity index (χ4v) is 3.52. The van der Waals surface area contributed by atoms with E-state index in [1.807, 2.05) is 55.6 Å². The summed E-state index contributed by atoms with van der Waals surface area (Å²) < 4.78 is 0. The Morgan fingerprint density at radius 2 is 1.86 bits per heavy atom. The molecule has 2 aromatic rings. The third-order valence-corrected chi connectivity index (χ3v) is 5.12. The van der Waals surface area contributed by atoms with Crippen LogP contribution < -0.4 is 5.32 Å². The maximum absolute atomic E-state index is 12.8. The monoisotopic (exact) mass is 311 g/mol. The van der Waals surface area contributed by atoms with E-state index in [2.05, 4.69) is 5.32 Å². The van der Waals surface area contributed by atoms with E-state index < -0.39 is 0 Å². The first-order valence-electron chi connectivity index (χ1n) is 7.24. The molecule has 0 bridgehead atoms. The molecule has 1 aliphatic rings. The van der Waals surface area contributed by atoms with Crippen molar-refractivity contribution in [3.8, 4) is 0 Å². The molecule has 1 N–H and O–H groups in total. The molecule has 0 spiro atoms. The number of thiophene rings is 1. The number of carbonyl (C=O) groups is 2. The average Bonchev–Trinajstić information content (AvgIpc) is 3.13. The zero-order valence-corrected chi connectivity index (χ0v) is 13.3. The molecular formula is C18H17NO2S. The number of allylic oxidation sites excluding steroid dienone is 2. The van der Waals surface area contributed by atoms with Crippen LogP contribution in [0.3, 0.4) is 0 Å². The summed E-state index contributed by atoms with van der Waals surface area (Å²) in [5, 5.41) is 4.66. The van der Waals surface area contributed by atoms with Gasteiger partial charge in [-0.15, -0.1) is 11.3 Å². The lowest BCUT2D eigenvalue weighted by Crippen LogP contribution is -2.27. The summed E-state index contributed by atoms with van der Waals surface area (Å²) in [6.07, 6.45) is 0. The van der Waals surface area contributed by atoms with Gasteiger partial charge in [-0.3, -0.25) is 9.59 Å². The minimum Gasteiger partial charge on any atom is -0.318 e. The van der Waals surface area contributed by atoms with Crippen LogP contribution in [0.5, 0.6) is 0 Å². The largest absolute Gasteiger partial charge is 0.318 e. The first-order valence-corrected chi connectivity index (χ1v) is 8.12. The number of Topliss-reactive ketones (excluding diaryl/α,β-unsaturated/α-hetero) is 1. The van der Waals surface area contributed by atoms with Gasteiger partial charge in [0.05, 0.1) is 16.5 Å². The highest BCUT2D eigenvalue weighted by Crippen LogP contribution is 2.39. The summed E-state index contributed by atoms with van der Waals surface area (Å²) >= 11 is 1.37. The number of hydrogen-bond donors (Lipinski definition) is 1. The van der Waals surface area contributed by atoms with Crippen molar-refractivity contribution in [3.63, 3.8) is 0 Å². The van der Waals surface area contributed by atoms with E-state index in [0.29, 0.717) is 10.6 Å². The van der Waals surface area contributed by atoms with Crippen LogP contribution in [0.4, 0.5) is 0 Å². The molecule has 3 nitrogen and oxygen atoms in total. The zero-order chi connectivity index (χ0) is 15.7. The lowest BCUT2D eigenvalue weighted by Gasteiger charge is -2.15. The molecule has 1 heterocycles. The third-order valence-electron chi connectivity index (χ3n) is 4.25. The number of amides is 1. The third kappa shape index (κ3) is 2.50. The van der Waals surface area contributed by atoms with Gasteiger partial charge in [-0.1, -0.05) is 43.3 Å². The highest BCUT2D eigenvalue weighted by Gasteiger charge is 2.39. The van der Waals surface area contributed by atoms with Crippen LogP contribution in [0.1, 0.15) is 35.0 Å². The molecule has 22 heavy (non-hydrogen) atoms. The van der Waals surface area contributed by atoms with Gasteiger partial charge in [0.25, 0.3) is 5.91 Å². The van der Waals surface area contributed by atoms with E-state index >= 15 is 0 Å². The summed E-state index contributed by atoms with van der Waals surface area (Å²) in [5.74, 6) is -0.326. The maximum atomic E-state index is 12.8. The number of rotatable bonds is 3. The van der Waals surface area contributed by atoms with Crippen LogP contribution >= 0.6 is 11.3 Å². The van der Waals surface area contributed by atoms with Crippen molar-refractivity contribution in [1.82, 2.24) is 5.32 Å². The maximum Gasteiger partial charge on any atom is 0.265 e. The Labute approximate surface area is 133 Å². The van der Waals surface area contributed by atoms with Crippen molar-refractivity contribution in [2.24, 2.45) is 5.92 Å². The fourth-order valence-electron chi connectivity index (χ4n) is 2.90. The smallest absolute Gasteiger partial charge is 0.265 e. The Balaban J connectivity index is 1.86. The topological polar surface area (TPSA) is 46.2 Å². The lowest BCUT2D eigenvalue weighted by molar-refractivity contribution is -0.117. The number of hydrogen-bond acceptors (Lipinski definition) is 3. The molecule has 0 radical (unpaired) electrons. The highest BCUT2D eigenvalue weighted by atomic mass is 32.1. The molecule has 2 unspecified atom stereocenters. The van der Waals surface area contributed by atoms with Crippen molar-refractivity contribution in [2.45, 2.75) is 19.8 Å². The van der Waals surface area contributed by atoms with Gasteiger partial charge in [-0.05, 0) is 35.4 Å². The summed E-state index contributed by atoms with van der Waals surface area (Å²) in [5.41, 5.74) is 2.41. The minimum absolute atomic E-state index is 0.00102. The molecule has 0 fully saturated rings. The summed E-state index contributed by atoms with van der Waals surface area (Å²) in [7, 11) is 0. The van der Waals surface area contributed by atoms with E-state index in [4.69, 9.17) is 0 Å². The van der Waals surface area contributed by atoms with Crippen LogP contribution in [0.2, 0.25) is 0 Å². The molecule has 1 aromatic heterocycles. The van der Waals surface area contributed by atoms with Crippen molar-refractivity contribution in [1.29, 1.82) is 0 Å². The second-order valence-electron chi connectivity index (χ2n) is 5.53. The van der Waals surface area contributed by atoms with Gasteiger partial charge in [0.2, 0.25) is 0 Å². The van der Waals surface area contributed by atoms with E-state index in [9.17, 15) is 9.59 Å². The van der Waals surface area contributed by atoms with Crippen LogP contribution in [-0.2, 0) is 4.79 Å². The van der Waals surface area contributed by atoms with Crippen molar-refractivity contribution in [3.05, 3.63) is 69.6 Å². The van der Waals surface area contributed by atoms with Crippen LogP contribution in [0.15, 0.2) is 59.1 Å². The molecule has 0 aliphatic heterocycles. The molecule has 112 valence electrons. The molecule has 1 aromatic carbocycles.